The summed E-state index contributed by atoms with van der Waals surface area (Å²) in [6, 6.07) is 2.93. The van der Waals surface area contributed by atoms with Gasteiger partial charge in [0.1, 0.15) is 12.8 Å². The van der Waals surface area contributed by atoms with Gasteiger partial charge in [0, 0.05) is 30.6 Å². The van der Waals surface area contributed by atoms with Gasteiger partial charge in [-0.05, 0) is 25.3 Å². The number of aliphatic hydroxyl groups is 2. The SMILES string of the molecule is C=CCOC(=O)Nc1cc(OCCCC(=O)OC)c(OC)cc1C(O)N1CCCC[C@H]1CO. The molecule has 1 unspecified atom stereocenters. The molecule has 1 aromatic carbocycles. The summed E-state index contributed by atoms with van der Waals surface area (Å²) in [4.78, 5) is 25.3. The third-order valence-corrected chi connectivity index (χ3v) is 5.39. The van der Waals surface area contributed by atoms with Crippen molar-refractivity contribution in [1.82, 2.24) is 4.90 Å². The summed E-state index contributed by atoms with van der Waals surface area (Å²) < 4.78 is 20.9. The van der Waals surface area contributed by atoms with Crippen molar-refractivity contribution >= 4 is 17.7 Å². The van der Waals surface area contributed by atoms with Crippen molar-refractivity contribution < 1.29 is 38.7 Å². The third-order valence-electron chi connectivity index (χ3n) is 5.39. The smallest absolute Gasteiger partial charge is 0.411 e. The van der Waals surface area contributed by atoms with E-state index in [2.05, 4.69) is 16.6 Å². The van der Waals surface area contributed by atoms with Gasteiger partial charge in [-0.15, -0.1) is 0 Å². The van der Waals surface area contributed by atoms with Crippen molar-refractivity contribution in [2.45, 2.75) is 44.4 Å². The molecule has 2 rings (SSSR count). The average Bonchev–Trinajstić information content (AvgIpc) is 2.84. The number of rotatable bonds is 12. The fraction of sp³-hybridized carbons (Fsp3) is 0.565. The Kier molecular flexibility index (Phi) is 10.9. The van der Waals surface area contributed by atoms with E-state index in [1.54, 1.807) is 17.0 Å². The quantitative estimate of drug-likeness (QED) is 0.242. The number of hydrogen-bond acceptors (Lipinski definition) is 9. The molecule has 10 nitrogen and oxygen atoms in total. The van der Waals surface area contributed by atoms with Crippen LogP contribution in [0.25, 0.3) is 0 Å². The molecule has 1 aliphatic heterocycles. The monoisotopic (exact) mass is 466 g/mol. The van der Waals surface area contributed by atoms with Gasteiger partial charge in [-0.1, -0.05) is 19.1 Å². The van der Waals surface area contributed by atoms with Gasteiger partial charge in [0.05, 0.1) is 33.1 Å². The summed E-state index contributed by atoms with van der Waals surface area (Å²) in [6.07, 6.45) is 2.87. The molecular weight excluding hydrogens is 432 g/mol. The van der Waals surface area contributed by atoms with Gasteiger partial charge in [0.2, 0.25) is 0 Å². The molecule has 1 amide bonds. The van der Waals surface area contributed by atoms with E-state index in [9.17, 15) is 19.8 Å². The number of anilines is 1. The summed E-state index contributed by atoms with van der Waals surface area (Å²) in [5, 5.41) is 23.6. The van der Waals surface area contributed by atoms with Crippen LogP contribution in [-0.4, -0.2) is 73.8 Å². The first-order valence-electron chi connectivity index (χ1n) is 11.0. The average molecular weight is 467 g/mol. The number of amides is 1. The zero-order valence-electron chi connectivity index (χ0n) is 19.2. The second kappa shape index (κ2) is 13.7. The van der Waals surface area contributed by atoms with Crippen LogP contribution in [0.1, 0.15) is 43.9 Å². The number of methoxy groups -OCH3 is 2. The molecular formula is C23H34N2O8. The summed E-state index contributed by atoms with van der Waals surface area (Å²) in [7, 11) is 2.79. The molecule has 1 heterocycles. The first-order chi connectivity index (χ1) is 15.9. The van der Waals surface area contributed by atoms with E-state index >= 15 is 0 Å². The van der Waals surface area contributed by atoms with Crippen molar-refractivity contribution in [2.75, 3.05) is 45.9 Å². The maximum absolute atomic E-state index is 12.2. The van der Waals surface area contributed by atoms with Gasteiger partial charge in [0.25, 0.3) is 0 Å². The zero-order chi connectivity index (χ0) is 24.2. The Hall–Kier alpha value is -2.82. The number of benzene rings is 1. The number of esters is 1. The predicted octanol–water partition coefficient (Wildman–Crippen LogP) is 2.60. The standard InChI is InChI=1S/C23H34N2O8/c1-4-11-33-23(29)24-18-14-20(32-12-7-9-21(27)31-3)19(30-2)13-17(18)22(28)25-10-6-5-8-16(25)15-26/h4,13-14,16,22,26,28H,1,5-12,15H2,2-3H3,(H,24,29)/t16-,22?/m0/s1. The van der Waals surface area contributed by atoms with Crippen LogP contribution in [0.4, 0.5) is 10.5 Å². The van der Waals surface area contributed by atoms with Crippen molar-refractivity contribution in [3.05, 3.63) is 30.4 Å². The van der Waals surface area contributed by atoms with E-state index < -0.39 is 12.3 Å². The molecule has 0 spiro atoms. The lowest BCUT2D eigenvalue weighted by molar-refractivity contribution is -0.140. The molecule has 1 aromatic rings. The fourth-order valence-electron chi connectivity index (χ4n) is 3.67. The minimum Gasteiger partial charge on any atom is -0.493 e. The van der Waals surface area contributed by atoms with Gasteiger partial charge in [-0.25, -0.2) is 4.79 Å². The fourth-order valence-corrected chi connectivity index (χ4v) is 3.67. The van der Waals surface area contributed by atoms with Crippen LogP contribution >= 0.6 is 0 Å². The Balaban J connectivity index is 2.32. The van der Waals surface area contributed by atoms with Crippen LogP contribution in [0, 0.1) is 0 Å². The Morgan fingerprint density at radius 3 is 2.76 bits per heavy atom. The van der Waals surface area contributed by atoms with Gasteiger partial charge < -0.3 is 29.2 Å². The number of nitrogens with one attached hydrogen (secondary N) is 1. The third kappa shape index (κ3) is 7.62. The molecule has 2 atom stereocenters. The highest BCUT2D eigenvalue weighted by Gasteiger charge is 2.31. The van der Waals surface area contributed by atoms with E-state index in [1.165, 1.54) is 20.3 Å². The van der Waals surface area contributed by atoms with Crippen LogP contribution in [0.5, 0.6) is 11.5 Å². The Bertz CT molecular complexity index is 801. The molecule has 1 fully saturated rings. The molecule has 0 bridgehead atoms. The molecule has 0 aromatic heterocycles. The van der Waals surface area contributed by atoms with Crippen LogP contribution in [0.2, 0.25) is 0 Å². The van der Waals surface area contributed by atoms with Gasteiger partial charge in [0.15, 0.2) is 11.5 Å². The number of carbonyl (C=O) groups is 2. The van der Waals surface area contributed by atoms with E-state index in [4.69, 9.17) is 14.2 Å². The number of nitrogens with zero attached hydrogens (tertiary/aromatic N) is 1. The summed E-state index contributed by atoms with van der Waals surface area (Å²) in [5.41, 5.74) is 0.659. The maximum atomic E-state index is 12.2. The number of aliphatic hydroxyl groups excluding tert-OH is 2. The Morgan fingerprint density at radius 1 is 1.30 bits per heavy atom. The minimum atomic E-state index is -1.10. The number of carbonyl (C=O) groups excluding carboxylic acids is 2. The highest BCUT2D eigenvalue weighted by molar-refractivity contribution is 5.86. The van der Waals surface area contributed by atoms with E-state index in [0.29, 0.717) is 30.0 Å². The maximum Gasteiger partial charge on any atom is 0.411 e. The molecule has 0 saturated carbocycles. The molecule has 3 N–H and O–H groups in total. The van der Waals surface area contributed by atoms with Gasteiger partial charge in [-0.3, -0.25) is 15.0 Å². The van der Waals surface area contributed by atoms with Crippen molar-refractivity contribution in [3.8, 4) is 11.5 Å². The highest BCUT2D eigenvalue weighted by Crippen LogP contribution is 2.39. The topological polar surface area (TPSA) is 127 Å². The zero-order valence-corrected chi connectivity index (χ0v) is 19.2. The van der Waals surface area contributed by atoms with E-state index in [0.717, 1.165) is 19.3 Å². The number of ether oxygens (including phenoxy) is 4. The van der Waals surface area contributed by atoms with Crippen LogP contribution < -0.4 is 14.8 Å². The second-order valence-electron chi connectivity index (χ2n) is 7.57. The largest absolute Gasteiger partial charge is 0.493 e. The molecule has 10 heteroatoms. The van der Waals surface area contributed by atoms with E-state index in [-0.39, 0.29) is 43.9 Å². The molecule has 184 valence electrons. The molecule has 1 aliphatic rings. The lowest BCUT2D eigenvalue weighted by Gasteiger charge is -2.38. The van der Waals surface area contributed by atoms with Crippen LogP contribution in [0.15, 0.2) is 24.8 Å². The Morgan fingerprint density at radius 2 is 2.09 bits per heavy atom. The van der Waals surface area contributed by atoms with Crippen LogP contribution in [-0.2, 0) is 14.3 Å². The first-order valence-corrected chi connectivity index (χ1v) is 11.0. The van der Waals surface area contributed by atoms with Crippen molar-refractivity contribution in [3.63, 3.8) is 0 Å². The molecule has 33 heavy (non-hydrogen) atoms. The predicted molar refractivity (Wildman–Crippen MR) is 121 cm³/mol. The van der Waals surface area contributed by atoms with Gasteiger partial charge in [-0.2, -0.15) is 0 Å². The summed E-state index contributed by atoms with van der Waals surface area (Å²) in [6.45, 7) is 4.27. The molecule has 0 radical (unpaired) electrons. The summed E-state index contributed by atoms with van der Waals surface area (Å²) in [5.74, 6) is 0.343. The second-order valence-corrected chi connectivity index (χ2v) is 7.57. The van der Waals surface area contributed by atoms with Gasteiger partial charge >= 0.3 is 12.1 Å². The lowest BCUT2D eigenvalue weighted by Crippen LogP contribution is -2.44. The Labute approximate surface area is 194 Å². The molecule has 1 saturated heterocycles. The van der Waals surface area contributed by atoms with Crippen LogP contribution in [0.3, 0.4) is 0 Å². The van der Waals surface area contributed by atoms with Crippen molar-refractivity contribution in [2.24, 2.45) is 0 Å². The lowest BCUT2D eigenvalue weighted by atomic mass is 10.00. The molecule has 0 aliphatic carbocycles. The highest BCUT2D eigenvalue weighted by atomic mass is 16.5. The number of piperidine rings is 1. The minimum absolute atomic E-state index is 0.0233. The first kappa shape index (κ1) is 26.4. The number of hydrogen-bond donors (Lipinski definition) is 3. The summed E-state index contributed by atoms with van der Waals surface area (Å²) >= 11 is 0. The van der Waals surface area contributed by atoms with Crippen molar-refractivity contribution in [1.29, 1.82) is 0 Å². The normalized spacial score (nSPS) is 17.0. The van der Waals surface area contributed by atoms with E-state index in [1.807, 2.05) is 0 Å². The number of likely N-dealkylation sites (tertiary alicyclic amines) is 1.